The molecule has 1 aromatic rings. The molecule has 0 bridgehead atoms. The highest BCUT2D eigenvalue weighted by Gasteiger charge is 2.45. The number of hydrogen-bond donors (Lipinski definition) is 2. The molecule has 0 aromatic heterocycles. The maximum absolute atomic E-state index is 12.6. The van der Waals surface area contributed by atoms with Crippen LogP contribution in [0.3, 0.4) is 0 Å². The molecular weight excluding hydrogens is 294 g/mol. The zero-order valence-corrected chi connectivity index (χ0v) is 13.0. The van der Waals surface area contributed by atoms with Gasteiger partial charge in [0.2, 0.25) is 5.91 Å². The van der Waals surface area contributed by atoms with E-state index in [0.717, 1.165) is 24.2 Å². The highest BCUT2D eigenvalue weighted by molar-refractivity contribution is 6.06. The van der Waals surface area contributed by atoms with Crippen LogP contribution >= 0.6 is 0 Å². The third-order valence-corrected chi connectivity index (χ3v) is 5.12. The van der Waals surface area contributed by atoms with Crippen molar-refractivity contribution in [2.45, 2.75) is 37.3 Å². The summed E-state index contributed by atoms with van der Waals surface area (Å²) in [4.78, 5) is 26.8. The predicted octanol–water partition coefficient (Wildman–Crippen LogP) is 1.59. The van der Waals surface area contributed by atoms with E-state index in [1.165, 1.54) is 0 Å². The molecule has 1 atom stereocenters. The Labute approximate surface area is 135 Å². The smallest absolute Gasteiger partial charge is 0.251 e. The number of nitrogens with zero attached hydrogens (tertiary/aromatic N) is 1. The first-order valence-corrected chi connectivity index (χ1v) is 8.27. The fourth-order valence-electron chi connectivity index (χ4n) is 3.69. The average molecular weight is 315 g/mol. The van der Waals surface area contributed by atoms with Crippen LogP contribution in [-0.4, -0.2) is 48.1 Å². The van der Waals surface area contributed by atoms with E-state index in [1.54, 1.807) is 0 Å². The minimum atomic E-state index is -0.609. The number of likely N-dealkylation sites (tertiary alicyclic amines) is 1. The summed E-state index contributed by atoms with van der Waals surface area (Å²) in [5.74, 6) is 0.0781. The Bertz CT molecular complexity index is 632. The normalized spacial score (nSPS) is 25.7. The van der Waals surface area contributed by atoms with Crippen molar-refractivity contribution in [1.29, 1.82) is 0 Å². The minimum Gasteiger partial charge on any atom is -0.369 e. The van der Waals surface area contributed by atoms with Gasteiger partial charge in [0, 0.05) is 19.7 Å². The summed E-state index contributed by atoms with van der Waals surface area (Å²) in [5, 5.41) is 6.40. The van der Waals surface area contributed by atoms with Crippen LogP contribution in [0.1, 0.15) is 25.7 Å². The van der Waals surface area contributed by atoms with Gasteiger partial charge in [0.25, 0.3) is 5.91 Å². The van der Waals surface area contributed by atoms with E-state index in [0.29, 0.717) is 32.5 Å². The average Bonchev–Trinajstić information content (AvgIpc) is 3.11. The zero-order chi connectivity index (χ0) is 15.9. The third kappa shape index (κ3) is 2.47. The summed E-state index contributed by atoms with van der Waals surface area (Å²) in [7, 11) is 0. The molecule has 4 rings (SSSR count). The summed E-state index contributed by atoms with van der Waals surface area (Å²) < 4.78 is 5.49. The summed E-state index contributed by atoms with van der Waals surface area (Å²) in [6.45, 7) is 1.84. The van der Waals surface area contributed by atoms with Gasteiger partial charge in [-0.15, -0.1) is 0 Å². The molecule has 1 aromatic carbocycles. The van der Waals surface area contributed by atoms with E-state index >= 15 is 0 Å². The molecular formula is C17H21N3O3. The van der Waals surface area contributed by atoms with Crippen molar-refractivity contribution < 1.29 is 14.3 Å². The number of ether oxygens (including phenoxy) is 1. The van der Waals surface area contributed by atoms with Crippen LogP contribution in [0.2, 0.25) is 0 Å². The van der Waals surface area contributed by atoms with Crippen molar-refractivity contribution in [3.63, 3.8) is 0 Å². The lowest BCUT2D eigenvalue weighted by Gasteiger charge is -2.44. The van der Waals surface area contributed by atoms with Gasteiger partial charge >= 0.3 is 0 Å². The van der Waals surface area contributed by atoms with Crippen LogP contribution in [0, 0.1) is 0 Å². The van der Waals surface area contributed by atoms with Crippen molar-refractivity contribution >= 4 is 23.2 Å². The fraction of sp³-hybridized carbons (Fsp3) is 0.529. The molecule has 0 unspecified atom stereocenters. The number of para-hydroxylation sites is 2. The van der Waals surface area contributed by atoms with Crippen LogP contribution in [0.5, 0.6) is 0 Å². The molecule has 1 spiro atoms. The van der Waals surface area contributed by atoms with Gasteiger partial charge in [-0.25, -0.2) is 0 Å². The van der Waals surface area contributed by atoms with Gasteiger partial charge in [-0.1, -0.05) is 12.1 Å². The second-order valence-corrected chi connectivity index (χ2v) is 6.53. The van der Waals surface area contributed by atoms with Crippen LogP contribution in [0.4, 0.5) is 11.4 Å². The summed E-state index contributed by atoms with van der Waals surface area (Å²) in [6, 6.07) is 7.72. The van der Waals surface area contributed by atoms with Gasteiger partial charge < -0.3 is 20.3 Å². The lowest BCUT2D eigenvalue weighted by Crippen LogP contribution is -2.59. The molecule has 122 valence electrons. The largest absolute Gasteiger partial charge is 0.369 e. The van der Waals surface area contributed by atoms with Crippen molar-refractivity contribution in [2.24, 2.45) is 0 Å². The zero-order valence-electron chi connectivity index (χ0n) is 13.0. The molecule has 0 aliphatic carbocycles. The van der Waals surface area contributed by atoms with Crippen LogP contribution in [0.25, 0.3) is 0 Å². The van der Waals surface area contributed by atoms with E-state index in [1.807, 2.05) is 29.2 Å². The summed E-state index contributed by atoms with van der Waals surface area (Å²) in [6.07, 6.45) is 2.72. The molecule has 2 amide bonds. The number of anilines is 2. The standard InChI is InChI=1S/C17H21N3O3/c21-15(14-6-3-11-23-14)20-9-7-17(8-10-20)16(22)18-12-4-1-2-5-13(12)19-17/h1-2,4-5,14,19H,3,6-11H2,(H,18,22)/t14-/m0/s1. The molecule has 3 aliphatic heterocycles. The topological polar surface area (TPSA) is 70.7 Å². The Kier molecular flexibility index (Phi) is 3.49. The van der Waals surface area contributed by atoms with E-state index in [9.17, 15) is 9.59 Å². The van der Waals surface area contributed by atoms with E-state index in [2.05, 4.69) is 10.6 Å². The van der Waals surface area contributed by atoms with Crippen LogP contribution < -0.4 is 10.6 Å². The lowest BCUT2D eigenvalue weighted by molar-refractivity contribution is -0.143. The van der Waals surface area contributed by atoms with Gasteiger partial charge in [-0.3, -0.25) is 9.59 Å². The molecule has 3 aliphatic rings. The van der Waals surface area contributed by atoms with Gasteiger partial charge in [-0.2, -0.15) is 0 Å². The Balaban J connectivity index is 1.46. The molecule has 2 fully saturated rings. The number of piperidine rings is 1. The van der Waals surface area contributed by atoms with Gasteiger partial charge in [0.1, 0.15) is 11.6 Å². The van der Waals surface area contributed by atoms with Gasteiger partial charge in [0.05, 0.1) is 11.4 Å². The number of nitrogens with one attached hydrogen (secondary N) is 2. The maximum Gasteiger partial charge on any atom is 0.251 e. The highest BCUT2D eigenvalue weighted by atomic mass is 16.5. The van der Waals surface area contributed by atoms with E-state index in [-0.39, 0.29) is 17.9 Å². The van der Waals surface area contributed by atoms with Crippen molar-refractivity contribution in [3.05, 3.63) is 24.3 Å². The quantitative estimate of drug-likeness (QED) is 0.826. The van der Waals surface area contributed by atoms with E-state index in [4.69, 9.17) is 4.74 Å². The first-order valence-electron chi connectivity index (χ1n) is 8.27. The van der Waals surface area contributed by atoms with Crippen molar-refractivity contribution in [2.75, 3.05) is 30.3 Å². The number of carbonyl (C=O) groups excluding carboxylic acids is 2. The fourth-order valence-corrected chi connectivity index (χ4v) is 3.69. The van der Waals surface area contributed by atoms with Crippen LogP contribution in [0.15, 0.2) is 24.3 Å². The first-order chi connectivity index (χ1) is 11.2. The Morgan fingerprint density at radius 1 is 1.22 bits per heavy atom. The summed E-state index contributed by atoms with van der Waals surface area (Å²) in [5.41, 5.74) is 1.16. The Hall–Kier alpha value is -2.08. The molecule has 2 saturated heterocycles. The van der Waals surface area contributed by atoms with Crippen LogP contribution in [-0.2, 0) is 14.3 Å². The SMILES string of the molecule is O=C([C@@H]1CCCO1)N1CCC2(CC1)Nc1ccccc1NC2=O. The number of hydrogen-bond acceptors (Lipinski definition) is 4. The first kappa shape index (κ1) is 14.5. The lowest BCUT2D eigenvalue weighted by atomic mass is 9.84. The number of amides is 2. The third-order valence-electron chi connectivity index (χ3n) is 5.12. The molecule has 6 heteroatoms. The molecule has 0 saturated carbocycles. The van der Waals surface area contributed by atoms with E-state index < -0.39 is 5.54 Å². The molecule has 6 nitrogen and oxygen atoms in total. The number of rotatable bonds is 1. The number of fused-ring (bicyclic) bond motifs is 1. The number of carbonyl (C=O) groups is 2. The number of benzene rings is 1. The molecule has 2 N–H and O–H groups in total. The molecule has 3 heterocycles. The van der Waals surface area contributed by atoms with Crippen molar-refractivity contribution in [3.8, 4) is 0 Å². The maximum atomic E-state index is 12.6. The van der Waals surface area contributed by atoms with Crippen molar-refractivity contribution in [1.82, 2.24) is 4.90 Å². The van der Waals surface area contributed by atoms with Gasteiger partial charge in [0.15, 0.2) is 0 Å². The predicted molar refractivity (Wildman–Crippen MR) is 86.2 cm³/mol. The second-order valence-electron chi connectivity index (χ2n) is 6.53. The Morgan fingerprint density at radius 3 is 2.65 bits per heavy atom. The second kappa shape index (κ2) is 5.53. The Morgan fingerprint density at radius 2 is 1.96 bits per heavy atom. The minimum absolute atomic E-state index is 0.000385. The van der Waals surface area contributed by atoms with Gasteiger partial charge in [-0.05, 0) is 37.8 Å². The summed E-state index contributed by atoms with van der Waals surface area (Å²) >= 11 is 0. The monoisotopic (exact) mass is 315 g/mol. The molecule has 0 radical (unpaired) electrons. The highest BCUT2D eigenvalue weighted by Crippen LogP contribution is 2.36. The molecule has 23 heavy (non-hydrogen) atoms.